The van der Waals surface area contributed by atoms with Crippen molar-refractivity contribution in [2.45, 2.75) is 6.10 Å². The third-order valence-electron chi connectivity index (χ3n) is 4.74. The summed E-state index contributed by atoms with van der Waals surface area (Å²) < 4.78 is 4.66. The molecule has 2 N–H and O–H groups in total. The molecule has 138 valence electrons. The second-order valence-electron chi connectivity index (χ2n) is 6.41. The highest BCUT2D eigenvalue weighted by molar-refractivity contribution is 5.92. The normalized spacial score (nSPS) is 16.3. The van der Waals surface area contributed by atoms with Gasteiger partial charge in [-0.05, 0) is 29.8 Å². The summed E-state index contributed by atoms with van der Waals surface area (Å²) in [4.78, 5) is 16.2. The number of carbonyl (C=O) groups is 1. The maximum atomic E-state index is 11.7. The molecule has 0 aromatic heterocycles. The lowest BCUT2D eigenvalue weighted by Crippen LogP contribution is -2.47. The zero-order valence-corrected chi connectivity index (χ0v) is 14.8. The summed E-state index contributed by atoms with van der Waals surface area (Å²) in [5, 5.41) is 20.3. The second kappa shape index (κ2) is 8.21. The summed E-state index contributed by atoms with van der Waals surface area (Å²) in [6.07, 6.45) is -0.734. The van der Waals surface area contributed by atoms with Crippen LogP contribution in [0.1, 0.15) is 22.0 Å². The van der Waals surface area contributed by atoms with Crippen molar-refractivity contribution in [3.8, 4) is 5.75 Å². The van der Waals surface area contributed by atoms with Gasteiger partial charge >= 0.3 is 5.97 Å². The van der Waals surface area contributed by atoms with Crippen molar-refractivity contribution >= 4 is 11.7 Å². The van der Waals surface area contributed by atoms with E-state index in [1.165, 1.54) is 24.9 Å². The minimum atomic E-state index is -0.734. The zero-order valence-electron chi connectivity index (χ0n) is 14.8. The van der Waals surface area contributed by atoms with Crippen LogP contribution in [-0.4, -0.2) is 60.9 Å². The van der Waals surface area contributed by atoms with Crippen molar-refractivity contribution in [1.82, 2.24) is 4.90 Å². The highest BCUT2D eigenvalue weighted by Crippen LogP contribution is 2.24. The Morgan fingerprint density at radius 3 is 2.46 bits per heavy atom. The number of ether oxygens (including phenoxy) is 1. The number of esters is 1. The molecule has 6 heteroatoms. The van der Waals surface area contributed by atoms with Crippen LogP contribution in [0.15, 0.2) is 48.5 Å². The van der Waals surface area contributed by atoms with E-state index < -0.39 is 12.1 Å². The molecule has 1 heterocycles. The number of nitrogens with zero attached hydrogens (tertiary/aromatic N) is 2. The summed E-state index contributed by atoms with van der Waals surface area (Å²) >= 11 is 0. The topological polar surface area (TPSA) is 73.2 Å². The fourth-order valence-corrected chi connectivity index (χ4v) is 3.21. The molecule has 1 atom stereocenters. The Kier molecular flexibility index (Phi) is 5.75. The molecule has 3 rings (SSSR count). The molecule has 26 heavy (non-hydrogen) atoms. The minimum Gasteiger partial charge on any atom is -0.507 e. The van der Waals surface area contributed by atoms with E-state index in [2.05, 4.69) is 26.7 Å². The van der Waals surface area contributed by atoms with Gasteiger partial charge in [-0.15, -0.1) is 0 Å². The molecule has 0 bridgehead atoms. The van der Waals surface area contributed by atoms with Crippen LogP contribution in [0.4, 0.5) is 5.69 Å². The van der Waals surface area contributed by atoms with Crippen molar-refractivity contribution in [3.05, 3.63) is 59.7 Å². The van der Waals surface area contributed by atoms with Gasteiger partial charge in [0.15, 0.2) is 0 Å². The number of hydrogen-bond acceptors (Lipinski definition) is 6. The number of piperazine rings is 1. The first-order chi connectivity index (χ1) is 12.6. The molecule has 0 radical (unpaired) electrons. The Balaban J connectivity index is 1.59. The van der Waals surface area contributed by atoms with E-state index in [1.807, 2.05) is 18.2 Å². The van der Waals surface area contributed by atoms with E-state index in [-0.39, 0.29) is 11.3 Å². The van der Waals surface area contributed by atoms with E-state index in [0.717, 1.165) is 26.2 Å². The summed E-state index contributed by atoms with van der Waals surface area (Å²) in [5.41, 5.74) is 1.88. The number of aromatic hydroxyl groups is 1. The third kappa shape index (κ3) is 4.15. The van der Waals surface area contributed by atoms with Crippen LogP contribution < -0.4 is 4.90 Å². The van der Waals surface area contributed by atoms with Gasteiger partial charge in [0.05, 0.1) is 13.2 Å². The first-order valence-corrected chi connectivity index (χ1v) is 8.70. The molecule has 0 aliphatic carbocycles. The molecule has 2 aromatic rings. The number of β-amino-alcohol motifs (C(OH)–C–C–N with tert-alkyl or cyclic N) is 1. The van der Waals surface area contributed by atoms with Gasteiger partial charge < -0.3 is 19.8 Å². The molecule has 1 fully saturated rings. The predicted octanol–water partition coefficient (Wildman–Crippen LogP) is 2.03. The Bertz CT molecular complexity index is 743. The number of phenolic OH excluding ortho intramolecular Hbond substituents is 1. The number of rotatable bonds is 5. The van der Waals surface area contributed by atoms with E-state index >= 15 is 0 Å². The van der Waals surface area contributed by atoms with Crippen molar-refractivity contribution in [2.75, 3.05) is 44.7 Å². The summed E-state index contributed by atoms with van der Waals surface area (Å²) in [6.45, 7) is 4.00. The lowest BCUT2D eigenvalue weighted by atomic mass is 10.0. The molecule has 6 nitrogen and oxygen atoms in total. The number of hydrogen-bond donors (Lipinski definition) is 2. The van der Waals surface area contributed by atoms with Crippen LogP contribution in [0.5, 0.6) is 5.75 Å². The SMILES string of the molecule is COC(=O)c1cc(C(O)CN2CCN(c3ccccc3)CC2)ccc1O. The Hall–Kier alpha value is -2.57. The monoisotopic (exact) mass is 356 g/mol. The van der Waals surface area contributed by atoms with Crippen molar-refractivity contribution in [1.29, 1.82) is 0 Å². The summed E-state index contributed by atoms with van der Waals surface area (Å²) in [7, 11) is 1.26. The average Bonchev–Trinajstić information content (AvgIpc) is 2.69. The van der Waals surface area contributed by atoms with Crippen molar-refractivity contribution < 1.29 is 19.7 Å². The number of aliphatic hydroxyl groups is 1. The molecule has 2 aromatic carbocycles. The Morgan fingerprint density at radius 2 is 1.81 bits per heavy atom. The quantitative estimate of drug-likeness (QED) is 0.799. The molecule has 0 spiro atoms. The highest BCUT2D eigenvalue weighted by atomic mass is 16.5. The lowest BCUT2D eigenvalue weighted by Gasteiger charge is -2.37. The van der Waals surface area contributed by atoms with Crippen LogP contribution in [0.25, 0.3) is 0 Å². The van der Waals surface area contributed by atoms with E-state index in [1.54, 1.807) is 6.07 Å². The van der Waals surface area contributed by atoms with Gasteiger partial charge in [0.1, 0.15) is 11.3 Å². The number of para-hydroxylation sites is 1. The summed E-state index contributed by atoms with van der Waals surface area (Å²) in [6, 6.07) is 14.8. The van der Waals surface area contributed by atoms with Crippen LogP contribution in [0, 0.1) is 0 Å². The van der Waals surface area contributed by atoms with Gasteiger partial charge in [0, 0.05) is 38.4 Å². The molecule has 0 amide bonds. The van der Waals surface area contributed by atoms with Crippen molar-refractivity contribution in [3.63, 3.8) is 0 Å². The van der Waals surface area contributed by atoms with Gasteiger partial charge in [-0.25, -0.2) is 4.79 Å². The average molecular weight is 356 g/mol. The summed E-state index contributed by atoms with van der Waals surface area (Å²) in [5.74, 6) is -0.766. The second-order valence-corrected chi connectivity index (χ2v) is 6.41. The fraction of sp³-hybridized carbons (Fsp3) is 0.350. The van der Waals surface area contributed by atoms with E-state index in [0.29, 0.717) is 12.1 Å². The highest BCUT2D eigenvalue weighted by Gasteiger charge is 2.21. The maximum Gasteiger partial charge on any atom is 0.341 e. The van der Waals surface area contributed by atoms with Crippen LogP contribution >= 0.6 is 0 Å². The number of anilines is 1. The largest absolute Gasteiger partial charge is 0.507 e. The Labute approximate surface area is 153 Å². The maximum absolute atomic E-state index is 11.7. The number of aliphatic hydroxyl groups excluding tert-OH is 1. The number of carbonyl (C=O) groups excluding carboxylic acids is 1. The van der Waals surface area contributed by atoms with Crippen LogP contribution in [0.3, 0.4) is 0 Å². The fourth-order valence-electron chi connectivity index (χ4n) is 3.21. The predicted molar refractivity (Wildman–Crippen MR) is 99.5 cm³/mol. The van der Waals surface area contributed by atoms with Gasteiger partial charge in [0.2, 0.25) is 0 Å². The van der Waals surface area contributed by atoms with Gasteiger partial charge in [-0.2, -0.15) is 0 Å². The van der Waals surface area contributed by atoms with Crippen molar-refractivity contribution in [2.24, 2.45) is 0 Å². The number of benzene rings is 2. The number of methoxy groups -OCH3 is 1. The molecule has 1 unspecified atom stereocenters. The van der Waals surface area contributed by atoms with Crippen LogP contribution in [0.2, 0.25) is 0 Å². The molecular weight excluding hydrogens is 332 g/mol. The van der Waals surface area contributed by atoms with Gasteiger partial charge in [0.25, 0.3) is 0 Å². The molecule has 0 saturated carbocycles. The Morgan fingerprint density at radius 1 is 1.12 bits per heavy atom. The smallest absolute Gasteiger partial charge is 0.341 e. The van der Waals surface area contributed by atoms with E-state index in [4.69, 9.17) is 0 Å². The zero-order chi connectivity index (χ0) is 18.5. The van der Waals surface area contributed by atoms with E-state index in [9.17, 15) is 15.0 Å². The first-order valence-electron chi connectivity index (χ1n) is 8.70. The lowest BCUT2D eigenvalue weighted by molar-refractivity contribution is 0.0596. The van der Waals surface area contributed by atoms with Gasteiger partial charge in [-0.3, -0.25) is 4.90 Å². The third-order valence-corrected chi connectivity index (χ3v) is 4.74. The molecule has 1 aliphatic rings. The standard InChI is InChI=1S/C20H24N2O4/c1-26-20(25)17-13-15(7-8-18(17)23)19(24)14-21-9-11-22(12-10-21)16-5-3-2-4-6-16/h2-8,13,19,23-24H,9-12,14H2,1H3. The van der Waals surface area contributed by atoms with Gasteiger partial charge in [-0.1, -0.05) is 24.3 Å². The molecular formula is C20H24N2O4. The first kappa shape index (κ1) is 18.2. The van der Waals surface area contributed by atoms with Crippen LogP contribution in [-0.2, 0) is 4.74 Å². The minimum absolute atomic E-state index is 0.0675. The number of phenols is 1. The molecule has 1 aliphatic heterocycles. The molecule has 1 saturated heterocycles.